The molecule has 2 N–H and O–H groups in total. The molecule has 1 aromatic carbocycles. The SMILES string of the molecule is Cc1ccc([C@](CCO)(N[S@+]([O-])C(C)(C)C)c2ncccc2F)cc1F. The number of hydrogen-bond donors (Lipinski definition) is 2. The molecule has 0 aliphatic rings. The van der Waals surface area contributed by atoms with Crippen LogP contribution in [-0.2, 0) is 16.9 Å². The van der Waals surface area contributed by atoms with Crippen LogP contribution in [0, 0.1) is 18.6 Å². The highest BCUT2D eigenvalue weighted by atomic mass is 32.2. The fourth-order valence-corrected chi connectivity index (χ4v) is 3.53. The van der Waals surface area contributed by atoms with E-state index in [1.807, 2.05) is 0 Å². The number of benzene rings is 1. The van der Waals surface area contributed by atoms with E-state index >= 15 is 0 Å². The van der Waals surface area contributed by atoms with Crippen LogP contribution in [0.4, 0.5) is 8.78 Å². The van der Waals surface area contributed by atoms with Crippen LogP contribution in [-0.4, -0.2) is 26.0 Å². The number of aryl methyl sites for hydroxylation is 1. The summed E-state index contributed by atoms with van der Waals surface area (Å²) in [6.45, 7) is 6.59. The minimum Gasteiger partial charge on any atom is -0.598 e. The fourth-order valence-electron chi connectivity index (χ4n) is 2.59. The average molecular weight is 382 g/mol. The molecule has 0 bridgehead atoms. The first-order valence-corrected chi connectivity index (χ1v) is 9.45. The summed E-state index contributed by atoms with van der Waals surface area (Å²) >= 11 is -1.62. The Morgan fingerprint density at radius 3 is 2.42 bits per heavy atom. The number of nitrogens with one attached hydrogen (secondary N) is 1. The molecule has 0 radical (unpaired) electrons. The van der Waals surface area contributed by atoms with Gasteiger partial charge >= 0.3 is 0 Å². The number of aliphatic hydroxyl groups excluding tert-OH is 1. The Balaban J connectivity index is 2.72. The predicted octanol–water partition coefficient (Wildman–Crippen LogP) is 3.35. The summed E-state index contributed by atoms with van der Waals surface area (Å²) < 4.78 is 44.0. The molecule has 26 heavy (non-hydrogen) atoms. The van der Waals surface area contributed by atoms with E-state index in [0.717, 1.165) is 0 Å². The maximum absolute atomic E-state index is 14.6. The van der Waals surface area contributed by atoms with Gasteiger partial charge in [-0.15, -0.1) is 4.72 Å². The van der Waals surface area contributed by atoms with E-state index in [1.165, 1.54) is 24.4 Å². The van der Waals surface area contributed by atoms with Gasteiger partial charge in [-0.2, -0.15) is 0 Å². The third-order valence-corrected chi connectivity index (χ3v) is 5.78. The number of aromatic nitrogens is 1. The normalized spacial score (nSPS) is 15.5. The van der Waals surface area contributed by atoms with Gasteiger partial charge in [0.25, 0.3) is 0 Å². The fraction of sp³-hybridized carbons (Fsp3) is 0.421. The number of nitrogens with zero attached hydrogens (tertiary/aromatic N) is 1. The second kappa shape index (κ2) is 8.00. The molecule has 0 saturated carbocycles. The molecule has 0 fully saturated rings. The van der Waals surface area contributed by atoms with E-state index in [-0.39, 0.29) is 18.7 Å². The van der Waals surface area contributed by atoms with Crippen molar-refractivity contribution in [1.82, 2.24) is 9.71 Å². The third-order valence-electron chi connectivity index (χ3n) is 4.14. The van der Waals surface area contributed by atoms with Crippen molar-refractivity contribution in [3.05, 3.63) is 65.0 Å². The molecule has 0 aliphatic carbocycles. The molecule has 0 amide bonds. The van der Waals surface area contributed by atoms with Gasteiger partial charge in [0, 0.05) is 30.6 Å². The Morgan fingerprint density at radius 1 is 1.19 bits per heavy atom. The zero-order chi connectivity index (χ0) is 19.5. The highest BCUT2D eigenvalue weighted by molar-refractivity contribution is 7.90. The van der Waals surface area contributed by atoms with Crippen molar-refractivity contribution in [2.75, 3.05) is 6.61 Å². The maximum atomic E-state index is 14.6. The van der Waals surface area contributed by atoms with Crippen molar-refractivity contribution in [2.24, 2.45) is 0 Å². The molecule has 1 aromatic heterocycles. The monoisotopic (exact) mass is 382 g/mol. The van der Waals surface area contributed by atoms with Crippen LogP contribution in [0.3, 0.4) is 0 Å². The van der Waals surface area contributed by atoms with Crippen LogP contribution in [0.1, 0.15) is 44.0 Å². The highest BCUT2D eigenvalue weighted by Gasteiger charge is 2.44. The summed E-state index contributed by atoms with van der Waals surface area (Å²) in [5.41, 5.74) is -0.683. The van der Waals surface area contributed by atoms with Crippen molar-refractivity contribution >= 4 is 11.4 Å². The van der Waals surface area contributed by atoms with E-state index in [2.05, 4.69) is 9.71 Å². The van der Waals surface area contributed by atoms with Crippen LogP contribution >= 0.6 is 0 Å². The molecule has 0 saturated heterocycles. The van der Waals surface area contributed by atoms with Gasteiger partial charge in [-0.1, -0.05) is 12.1 Å². The van der Waals surface area contributed by atoms with Gasteiger partial charge in [0.2, 0.25) is 0 Å². The van der Waals surface area contributed by atoms with Gasteiger partial charge in [-0.05, 0) is 57.0 Å². The summed E-state index contributed by atoms with van der Waals surface area (Å²) in [5.74, 6) is -1.09. The molecule has 0 spiro atoms. The Kier molecular flexibility index (Phi) is 6.39. The maximum Gasteiger partial charge on any atom is 0.147 e. The molecule has 2 aromatic rings. The Morgan fingerprint density at radius 2 is 1.88 bits per heavy atom. The Hall–Kier alpha value is -1.54. The van der Waals surface area contributed by atoms with Gasteiger partial charge < -0.3 is 9.66 Å². The first-order chi connectivity index (χ1) is 12.1. The molecule has 0 unspecified atom stereocenters. The van der Waals surface area contributed by atoms with E-state index in [1.54, 1.807) is 39.8 Å². The lowest BCUT2D eigenvalue weighted by Gasteiger charge is -2.37. The lowest BCUT2D eigenvalue weighted by Crippen LogP contribution is -2.53. The predicted molar refractivity (Wildman–Crippen MR) is 98.8 cm³/mol. The number of halogens is 2. The summed E-state index contributed by atoms with van der Waals surface area (Å²) in [6.07, 6.45) is 1.39. The number of pyridine rings is 1. The smallest absolute Gasteiger partial charge is 0.147 e. The van der Waals surface area contributed by atoms with Crippen LogP contribution in [0.25, 0.3) is 0 Å². The van der Waals surface area contributed by atoms with Crippen LogP contribution in [0.2, 0.25) is 0 Å². The van der Waals surface area contributed by atoms with Gasteiger partial charge in [0.05, 0.1) is 0 Å². The van der Waals surface area contributed by atoms with Crippen LogP contribution < -0.4 is 4.72 Å². The summed E-state index contributed by atoms with van der Waals surface area (Å²) in [5, 5.41) is 9.67. The molecule has 1 heterocycles. The third kappa shape index (κ3) is 4.23. The number of aliphatic hydroxyl groups is 1. The summed E-state index contributed by atoms with van der Waals surface area (Å²) in [6, 6.07) is 7.15. The van der Waals surface area contributed by atoms with Gasteiger partial charge in [0.1, 0.15) is 27.6 Å². The first-order valence-electron chi connectivity index (χ1n) is 8.30. The summed E-state index contributed by atoms with van der Waals surface area (Å²) in [4.78, 5) is 4.13. The molecule has 4 nitrogen and oxygen atoms in total. The number of rotatable bonds is 6. The zero-order valence-corrected chi connectivity index (χ0v) is 16.2. The van der Waals surface area contributed by atoms with Crippen LogP contribution in [0.15, 0.2) is 36.5 Å². The van der Waals surface area contributed by atoms with E-state index in [4.69, 9.17) is 0 Å². The molecular weight excluding hydrogens is 358 g/mol. The quantitative estimate of drug-likeness (QED) is 0.752. The standard InChI is InChI=1S/C19H24F2N2O2S/c1-13-7-8-14(12-16(13)21)19(9-11-24,23-26(25)18(2,3)4)17-15(20)6-5-10-22-17/h5-8,10,12,23-24H,9,11H2,1-4H3/t19-,26+/m0/s1. The van der Waals surface area contributed by atoms with Crippen molar-refractivity contribution in [3.8, 4) is 0 Å². The highest BCUT2D eigenvalue weighted by Crippen LogP contribution is 2.36. The van der Waals surface area contributed by atoms with Crippen molar-refractivity contribution in [2.45, 2.75) is 44.4 Å². The lowest BCUT2D eigenvalue weighted by molar-refractivity contribution is 0.241. The van der Waals surface area contributed by atoms with Gasteiger partial charge in [-0.3, -0.25) is 4.98 Å². The minimum absolute atomic E-state index is 0.0226. The molecule has 2 atom stereocenters. The van der Waals surface area contributed by atoms with E-state index in [0.29, 0.717) is 11.1 Å². The van der Waals surface area contributed by atoms with Crippen molar-refractivity contribution in [1.29, 1.82) is 0 Å². The van der Waals surface area contributed by atoms with Crippen molar-refractivity contribution < 1.29 is 18.4 Å². The minimum atomic E-state index is -1.62. The Bertz CT molecular complexity index is 767. The van der Waals surface area contributed by atoms with Crippen molar-refractivity contribution in [3.63, 3.8) is 0 Å². The second-order valence-corrected chi connectivity index (χ2v) is 9.13. The zero-order valence-electron chi connectivity index (χ0n) is 15.3. The van der Waals surface area contributed by atoms with Gasteiger partial charge in [-0.25, -0.2) is 8.78 Å². The largest absolute Gasteiger partial charge is 0.598 e. The molecular formula is C19H24F2N2O2S. The van der Waals surface area contributed by atoms with E-state index in [9.17, 15) is 18.4 Å². The Labute approximate surface area is 156 Å². The lowest BCUT2D eigenvalue weighted by atomic mass is 9.83. The van der Waals surface area contributed by atoms with Crippen LogP contribution in [0.5, 0.6) is 0 Å². The molecule has 142 valence electrons. The average Bonchev–Trinajstić information content (AvgIpc) is 2.56. The first kappa shape index (κ1) is 20.8. The molecule has 7 heteroatoms. The van der Waals surface area contributed by atoms with E-state index < -0.39 is 33.3 Å². The topological polar surface area (TPSA) is 68.2 Å². The molecule has 2 rings (SSSR count). The van der Waals surface area contributed by atoms with Gasteiger partial charge in [0.15, 0.2) is 0 Å². The molecule has 0 aliphatic heterocycles. The number of hydrogen-bond acceptors (Lipinski definition) is 4. The summed E-state index contributed by atoms with van der Waals surface area (Å²) in [7, 11) is 0. The second-order valence-electron chi connectivity index (χ2n) is 7.16.